The predicted molar refractivity (Wildman–Crippen MR) is 130 cm³/mol. The monoisotopic (exact) mass is 493 g/mol. The first-order valence-corrected chi connectivity index (χ1v) is 11.8. The third-order valence-corrected chi connectivity index (χ3v) is 4.81. The van der Waals surface area contributed by atoms with E-state index in [0.29, 0.717) is 12.0 Å². The van der Waals surface area contributed by atoms with E-state index in [1.54, 1.807) is 39.8 Å². The fraction of sp³-hybridized carbons (Fsp3) is 0.600. The van der Waals surface area contributed by atoms with Gasteiger partial charge in [-0.1, -0.05) is 36.8 Å². The number of carbonyl (C=O) groups is 4. The molecule has 0 heterocycles. The highest BCUT2D eigenvalue weighted by molar-refractivity contribution is 5.92. The van der Waals surface area contributed by atoms with Crippen LogP contribution in [0.2, 0.25) is 0 Å². The second-order valence-electron chi connectivity index (χ2n) is 9.07. The van der Waals surface area contributed by atoms with E-state index in [1.807, 2.05) is 26.0 Å². The minimum absolute atomic E-state index is 0.0125. The van der Waals surface area contributed by atoms with Crippen molar-refractivity contribution in [2.75, 3.05) is 26.3 Å². The minimum Gasteiger partial charge on any atom is -0.466 e. The number of esters is 1. The van der Waals surface area contributed by atoms with Crippen molar-refractivity contribution in [2.24, 2.45) is 0 Å². The quantitative estimate of drug-likeness (QED) is 0.380. The Morgan fingerprint density at radius 2 is 1.71 bits per heavy atom. The van der Waals surface area contributed by atoms with E-state index in [0.717, 1.165) is 5.56 Å². The average Bonchev–Trinajstić information content (AvgIpc) is 2.77. The van der Waals surface area contributed by atoms with Crippen LogP contribution in [0.4, 0.5) is 4.79 Å². The van der Waals surface area contributed by atoms with Crippen molar-refractivity contribution in [3.63, 3.8) is 0 Å². The smallest absolute Gasteiger partial charge is 0.408 e. The Balaban J connectivity index is 3.21. The van der Waals surface area contributed by atoms with Crippen LogP contribution in [0.1, 0.15) is 64.6 Å². The van der Waals surface area contributed by atoms with Crippen molar-refractivity contribution < 1.29 is 33.8 Å². The maximum atomic E-state index is 13.5. The third-order valence-electron chi connectivity index (χ3n) is 4.81. The number of hydrogen-bond donors (Lipinski definition) is 3. The summed E-state index contributed by atoms with van der Waals surface area (Å²) in [7, 11) is 0. The third kappa shape index (κ3) is 10.3. The molecule has 1 aromatic rings. The van der Waals surface area contributed by atoms with E-state index in [-0.39, 0.29) is 26.1 Å². The van der Waals surface area contributed by atoms with Crippen LogP contribution in [0, 0.1) is 6.92 Å². The zero-order chi connectivity index (χ0) is 26.6. The Kier molecular flexibility index (Phi) is 12.2. The molecule has 2 unspecified atom stereocenters. The Bertz CT molecular complexity index is 850. The van der Waals surface area contributed by atoms with Gasteiger partial charge in [0.25, 0.3) is 0 Å². The van der Waals surface area contributed by atoms with Gasteiger partial charge in [0, 0.05) is 13.1 Å². The van der Waals surface area contributed by atoms with Gasteiger partial charge in [-0.25, -0.2) is 4.79 Å². The van der Waals surface area contributed by atoms with Crippen LogP contribution in [0.15, 0.2) is 24.3 Å². The summed E-state index contributed by atoms with van der Waals surface area (Å²) in [5.74, 6) is -1.57. The summed E-state index contributed by atoms with van der Waals surface area (Å²) in [5, 5.41) is 15.0. The standard InChI is InChI=1S/C25H39N3O7/c1-7-15-28(23(32)19(16-29)27-24(33)35-25(4,5)6)21(18-11-9-17(3)10-12-18)22(31)26-14-13-20(30)34-8-2/h9-12,19,21,29H,7-8,13-16H2,1-6H3,(H,26,31)(H,27,33). The van der Waals surface area contributed by atoms with Crippen molar-refractivity contribution in [1.29, 1.82) is 0 Å². The first kappa shape index (κ1) is 29.9. The van der Waals surface area contributed by atoms with Crippen LogP contribution in [0.3, 0.4) is 0 Å². The molecule has 0 bridgehead atoms. The molecule has 3 N–H and O–H groups in total. The Labute approximate surface area is 207 Å². The number of aliphatic hydroxyl groups is 1. The molecule has 0 saturated heterocycles. The fourth-order valence-electron chi connectivity index (χ4n) is 3.28. The van der Waals surface area contributed by atoms with Crippen LogP contribution in [0.25, 0.3) is 0 Å². The molecule has 0 aromatic heterocycles. The molecule has 10 heteroatoms. The van der Waals surface area contributed by atoms with Crippen molar-refractivity contribution in [3.8, 4) is 0 Å². The number of benzene rings is 1. The van der Waals surface area contributed by atoms with Crippen LogP contribution >= 0.6 is 0 Å². The molecule has 0 aliphatic carbocycles. The number of rotatable bonds is 12. The number of alkyl carbamates (subject to hydrolysis) is 1. The van der Waals surface area contributed by atoms with Gasteiger partial charge in [-0.15, -0.1) is 0 Å². The van der Waals surface area contributed by atoms with Gasteiger partial charge in [-0.3, -0.25) is 14.4 Å². The molecule has 196 valence electrons. The van der Waals surface area contributed by atoms with E-state index in [2.05, 4.69) is 10.6 Å². The number of ether oxygens (including phenoxy) is 2. The molecular weight excluding hydrogens is 454 g/mol. The normalized spacial score (nSPS) is 12.8. The zero-order valence-electron chi connectivity index (χ0n) is 21.6. The van der Waals surface area contributed by atoms with Crippen molar-refractivity contribution in [1.82, 2.24) is 15.5 Å². The second-order valence-corrected chi connectivity index (χ2v) is 9.07. The van der Waals surface area contributed by atoms with Gasteiger partial charge >= 0.3 is 12.1 Å². The molecule has 0 fully saturated rings. The lowest BCUT2D eigenvalue weighted by Gasteiger charge is -2.34. The first-order valence-electron chi connectivity index (χ1n) is 11.8. The second kappa shape index (κ2) is 14.3. The van der Waals surface area contributed by atoms with Crippen molar-refractivity contribution in [3.05, 3.63) is 35.4 Å². The number of nitrogens with one attached hydrogen (secondary N) is 2. The summed E-state index contributed by atoms with van der Waals surface area (Å²) in [5.41, 5.74) is 0.739. The molecule has 1 rings (SSSR count). The molecule has 0 radical (unpaired) electrons. The van der Waals surface area contributed by atoms with Gasteiger partial charge < -0.3 is 30.1 Å². The highest BCUT2D eigenvalue weighted by atomic mass is 16.6. The molecule has 35 heavy (non-hydrogen) atoms. The summed E-state index contributed by atoms with van der Waals surface area (Å²) >= 11 is 0. The lowest BCUT2D eigenvalue weighted by molar-refractivity contribution is -0.144. The van der Waals surface area contributed by atoms with Crippen LogP contribution < -0.4 is 10.6 Å². The lowest BCUT2D eigenvalue weighted by atomic mass is 10.0. The number of nitrogens with zero attached hydrogens (tertiary/aromatic N) is 1. The zero-order valence-corrected chi connectivity index (χ0v) is 21.6. The topological polar surface area (TPSA) is 134 Å². The summed E-state index contributed by atoms with van der Waals surface area (Å²) in [4.78, 5) is 52.0. The molecule has 1 aromatic carbocycles. The minimum atomic E-state index is -1.31. The van der Waals surface area contributed by atoms with Gasteiger partial charge in [0.2, 0.25) is 11.8 Å². The summed E-state index contributed by atoms with van der Waals surface area (Å²) in [6.45, 7) is 10.3. The van der Waals surface area contributed by atoms with E-state index in [4.69, 9.17) is 9.47 Å². The number of carbonyl (C=O) groups excluding carboxylic acids is 4. The van der Waals surface area contributed by atoms with Gasteiger partial charge in [-0.05, 0) is 46.6 Å². The van der Waals surface area contributed by atoms with E-state index >= 15 is 0 Å². The van der Waals surface area contributed by atoms with Gasteiger partial charge in [0.1, 0.15) is 17.7 Å². The molecular formula is C25H39N3O7. The summed E-state index contributed by atoms with van der Waals surface area (Å²) < 4.78 is 10.1. The summed E-state index contributed by atoms with van der Waals surface area (Å²) in [6.07, 6.45) is -0.344. The number of hydrogen-bond acceptors (Lipinski definition) is 7. The van der Waals surface area contributed by atoms with E-state index in [9.17, 15) is 24.3 Å². The molecule has 3 amide bonds. The van der Waals surface area contributed by atoms with Gasteiger partial charge in [-0.2, -0.15) is 0 Å². The molecule has 10 nitrogen and oxygen atoms in total. The number of aryl methyl sites for hydroxylation is 1. The van der Waals surface area contributed by atoms with Gasteiger partial charge in [0.05, 0.1) is 19.6 Å². The van der Waals surface area contributed by atoms with Crippen molar-refractivity contribution in [2.45, 2.75) is 72.1 Å². The lowest BCUT2D eigenvalue weighted by Crippen LogP contribution is -2.54. The molecule has 0 aliphatic heterocycles. The number of amides is 3. The largest absolute Gasteiger partial charge is 0.466 e. The van der Waals surface area contributed by atoms with E-state index < -0.39 is 48.2 Å². The van der Waals surface area contributed by atoms with Gasteiger partial charge in [0.15, 0.2) is 0 Å². The average molecular weight is 494 g/mol. The van der Waals surface area contributed by atoms with Crippen LogP contribution in [-0.2, 0) is 23.9 Å². The first-order chi connectivity index (χ1) is 16.4. The Morgan fingerprint density at radius 3 is 2.23 bits per heavy atom. The highest BCUT2D eigenvalue weighted by Crippen LogP contribution is 2.23. The Hall–Kier alpha value is -3.14. The molecule has 0 aliphatic rings. The molecule has 2 atom stereocenters. The van der Waals surface area contributed by atoms with Crippen LogP contribution in [-0.4, -0.2) is 71.8 Å². The molecule has 0 saturated carbocycles. The fourth-order valence-corrected chi connectivity index (χ4v) is 3.28. The number of aliphatic hydroxyl groups excluding tert-OH is 1. The maximum absolute atomic E-state index is 13.5. The maximum Gasteiger partial charge on any atom is 0.408 e. The van der Waals surface area contributed by atoms with E-state index in [1.165, 1.54) is 4.90 Å². The van der Waals surface area contributed by atoms with Crippen LogP contribution in [0.5, 0.6) is 0 Å². The Morgan fingerprint density at radius 1 is 1.09 bits per heavy atom. The SMILES string of the molecule is CCCN(C(=O)C(CO)NC(=O)OC(C)(C)C)C(C(=O)NCCC(=O)OCC)c1ccc(C)cc1. The molecule has 0 spiro atoms. The highest BCUT2D eigenvalue weighted by Gasteiger charge is 2.35. The predicted octanol–water partition coefficient (Wildman–Crippen LogP) is 2.23. The summed E-state index contributed by atoms with van der Waals surface area (Å²) in [6, 6.07) is 4.79. The van der Waals surface area contributed by atoms with Crippen molar-refractivity contribution >= 4 is 23.9 Å².